The summed E-state index contributed by atoms with van der Waals surface area (Å²) in [5.41, 5.74) is 1.92. The lowest BCUT2D eigenvalue weighted by atomic mass is 10.7. The zero-order chi connectivity index (χ0) is 7.98. The Morgan fingerprint density at radius 2 is 2.30 bits per heavy atom. The van der Waals surface area contributed by atoms with E-state index in [4.69, 9.17) is 5.11 Å². The van der Waals surface area contributed by atoms with Crippen molar-refractivity contribution in [2.45, 2.75) is 0 Å². The van der Waals surface area contributed by atoms with Gasteiger partial charge in [0.15, 0.2) is 0 Å². The lowest BCUT2D eigenvalue weighted by Crippen LogP contribution is -2.25. The summed E-state index contributed by atoms with van der Waals surface area (Å²) in [5.74, 6) is -1.81. The molecule has 0 fully saturated rings. The molecule has 0 aromatic rings. The van der Waals surface area contributed by atoms with E-state index in [2.05, 4.69) is 11.4 Å². The van der Waals surface area contributed by atoms with Crippen molar-refractivity contribution in [3.05, 3.63) is 12.7 Å². The lowest BCUT2D eigenvalue weighted by Gasteiger charge is -1.97. The van der Waals surface area contributed by atoms with Crippen molar-refractivity contribution >= 4 is 11.9 Å². The molecule has 56 valence electrons. The highest BCUT2D eigenvalue weighted by Crippen LogP contribution is 1.71. The molecule has 0 spiro atoms. The molecule has 0 unspecified atom stereocenters. The van der Waals surface area contributed by atoms with E-state index in [9.17, 15) is 9.59 Å². The van der Waals surface area contributed by atoms with Gasteiger partial charge in [-0.05, 0) is 0 Å². The summed E-state index contributed by atoms with van der Waals surface area (Å²) in [6.45, 7) is 2.68. The summed E-state index contributed by atoms with van der Waals surface area (Å²) in [7, 11) is 0. The number of carbonyl (C=O) groups is 2. The SMILES string of the molecule is C=CC(=O)ONCC(=O)O. The molecule has 0 rings (SSSR count). The Kier molecular flexibility index (Phi) is 3.90. The van der Waals surface area contributed by atoms with Gasteiger partial charge in [0.05, 0.1) is 0 Å². The standard InChI is InChI=1S/C5H7NO4/c1-2-5(9)10-6-3-4(7)8/h2,6H,1,3H2,(H,7,8). The molecule has 5 heteroatoms. The van der Waals surface area contributed by atoms with Gasteiger partial charge in [-0.1, -0.05) is 6.58 Å². The van der Waals surface area contributed by atoms with Gasteiger partial charge in [0, 0.05) is 6.08 Å². The molecule has 2 N–H and O–H groups in total. The highest BCUT2D eigenvalue weighted by Gasteiger charge is 1.97. The van der Waals surface area contributed by atoms with Gasteiger partial charge in [-0.15, -0.1) is 5.48 Å². The minimum absolute atomic E-state index is 0.417. The van der Waals surface area contributed by atoms with Crippen molar-refractivity contribution < 1.29 is 19.5 Å². The van der Waals surface area contributed by atoms with Crippen LogP contribution in [0.2, 0.25) is 0 Å². The normalized spacial score (nSPS) is 8.40. The summed E-state index contributed by atoms with van der Waals surface area (Å²) in [6.07, 6.45) is 0.925. The van der Waals surface area contributed by atoms with Gasteiger partial charge in [-0.25, -0.2) is 4.79 Å². The monoisotopic (exact) mass is 145 g/mol. The van der Waals surface area contributed by atoms with Crippen molar-refractivity contribution in [1.29, 1.82) is 0 Å². The predicted octanol–water partition coefficient (Wildman–Crippen LogP) is -0.695. The van der Waals surface area contributed by atoms with E-state index in [1.165, 1.54) is 0 Å². The summed E-state index contributed by atoms with van der Waals surface area (Å²) >= 11 is 0. The molecule has 0 aromatic carbocycles. The van der Waals surface area contributed by atoms with Crippen LogP contribution in [0.5, 0.6) is 0 Å². The summed E-state index contributed by atoms with van der Waals surface area (Å²) in [4.78, 5) is 24.1. The Hall–Kier alpha value is -1.36. The molecule has 0 aliphatic rings. The van der Waals surface area contributed by atoms with E-state index in [0.29, 0.717) is 0 Å². The van der Waals surface area contributed by atoms with Crippen LogP contribution in [0.1, 0.15) is 0 Å². The predicted molar refractivity (Wildman–Crippen MR) is 31.9 cm³/mol. The van der Waals surface area contributed by atoms with Crippen LogP contribution in [0.3, 0.4) is 0 Å². The van der Waals surface area contributed by atoms with Crippen LogP contribution in [-0.4, -0.2) is 23.6 Å². The smallest absolute Gasteiger partial charge is 0.348 e. The van der Waals surface area contributed by atoms with Crippen LogP contribution >= 0.6 is 0 Å². The van der Waals surface area contributed by atoms with Gasteiger partial charge in [0.1, 0.15) is 6.54 Å². The van der Waals surface area contributed by atoms with E-state index in [-0.39, 0.29) is 0 Å². The van der Waals surface area contributed by atoms with Crippen molar-refractivity contribution in [2.24, 2.45) is 0 Å². The maximum atomic E-state index is 10.2. The molecular weight excluding hydrogens is 138 g/mol. The first-order valence-electron chi connectivity index (χ1n) is 2.44. The van der Waals surface area contributed by atoms with Crippen LogP contribution < -0.4 is 5.48 Å². The van der Waals surface area contributed by atoms with Crippen LogP contribution in [-0.2, 0) is 14.4 Å². The number of carbonyl (C=O) groups excluding carboxylic acids is 1. The van der Waals surface area contributed by atoms with Gasteiger partial charge < -0.3 is 9.94 Å². The van der Waals surface area contributed by atoms with E-state index in [1.54, 1.807) is 0 Å². The number of hydrogen-bond donors (Lipinski definition) is 2. The molecule has 0 heterocycles. The molecule has 0 saturated heterocycles. The van der Waals surface area contributed by atoms with E-state index in [0.717, 1.165) is 6.08 Å². The zero-order valence-corrected chi connectivity index (χ0v) is 5.16. The number of carboxylic acid groups (broad SMARTS) is 1. The summed E-state index contributed by atoms with van der Waals surface area (Å²) < 4.78 is 0. The first-order chi connectivity index (χ1) is 4.66. The third-order valence-corrected chi connectivity index (χ3v) is 0.563. The average molecular weight is 145 g/mol. The number of hydrogen-bond acceptors (Lipinski definition) is 4. The number of hydroxylamine groups is 1. The van der Waals surface area contributed by atoms with E-state index in [1.807, 2.05) is 5.48 Å². The fraction of sp³-hybridized carbons (Fsp3) is 0.200. The Morgan fingerprint density at radius 3 is 2.70 bits per heavy atom. The minimum Gasteiger partial charge on any atom is -0.480 e. The molecule has 0 radical (unpaired) electrons. The van der Waals surface area contributed by atoms with Crippen molar-refractivity contribution in [3.8, 4) is 0 Å². The second-order valence-corrected chi connectivity index (χ2v) is 1.34. The zero-order valence-electron chi connectivity index (χ0n) is 5.16. The number of carboxylic acids is 1. The molecule has 10 heavy (non-hydrogen) atoms. The summed E-state index contributed by atoms with van der Waals surface area (Å²) in [6, 6.07) is 0. The van der Waals surface area contributed by atoms with E-state index >= 15 is 0 Å². The Bertz CT molecular complexity index is 154. The molecule has 0 aromatic heterocycles. The molecule has 0 saturated carbocycles. The summed E-state index contributed by atoms with van der Waals surface area (Å²) in [5, 5.41) is 8.02. The molecule has 0 amide bonds. The van der Waals surface area contributed by atoms with E-state index < -0.39 is 18.5 Å². The van der Waals surface area contributed by atoms with Gasteiger partial charge in [0.2, 0.25) is 0 Å². The number of aliphatic carboxylic acids is 1. The highest BCUT2D eigenvalue weighted by molar-refractivity contribution is 5.81. The van der Waals surface area contributed by atoms with Gasteiger partial charge in [-0.2, -0.15) is 0 Å². The topological polar surface area (TPSA) is 75.6 Å². The largest absolute Gasteiger partial charge is 0.480 e. The number of rotatable bonds is 4. The second kappa shape index (κ2) is 4.51. The Morgan fingerprint density at radius 1 is 1.70 bits per heavy atom. The van der Waals surface area contributed by atoms with Crippen LogP contribution in [0.4, 0.5) is 0 Å². The minimum atomic E-state index is -1.10. The van der Waals surface area contributed by atoms with Crippen molar-refractivity contribution in [1.82, 2.24) is 5.48 Å². The van der Waals surface area contributed by atoms with Gasteiger partial charge in [0.25, 0.3) is 0 Å². The van der Waals surface area contributed by atoms with Gasteiger partial charge >= 0.3 is 11.9 Å². The third kappa shape index (κ3) is 4.79. The fourth-order valence-corrected chi connectivity index (χ4v) is 0.211. The molecule has 0 atom stereocenters. The van der Waals surface area contributed by atoms with Crippen LogP contribution in [0.25, 0.3) is 0 Å². The number of nitrogens with one attached hydrogen (secondary N) is 1. The quantitative estimate of drug-likeness (QED) is 0.404. The third-order valence-electron chi connectivity index (χ3n) is 0.563. The average Bonchev–Trinajstić information content (AvgIpc) is 1.87. The molecule has 0 bridgehead atoms. The Balaban J connectivity index is 3.28. The van der Waals surface area contributed by atoms with Crippen LogP contribution in [0.15, 0.2) is 12.7 Å². The second-order valence-electron chi connectivity index (χ2n) is 1.34. The highest BCUT2D eigenvalue weighted by atomic mass is 16.7. The van der Waals surface area contributed by atoms with Crippen molar-refractivity contribution in [3.63, 3.8) is 0 Å². The molecule has 5 nitrogen and oxygen atoms in total. The maximum Gasteiger partial charge on any atom is 0.348 e. The molecule has 0 aliphatic carbocycles. The maximum absolute atomic E-state index is 10.2. The molecule has 0 aliphatic heterocycles. The van der Waals surface area contributed by atoms with Gasteiger partial charge in [-0.3, -0.25) is 4.79 Å². The fourth-order valence-electron chi connectivity index (χ4n) is 0.211. The lowest BCUT2D eigenvalue weighted by molar-refractivity contribution is -0.148. The first-order valence-corrected chi connectivity index (χ1v) is 2.44. The first kappa shape index (κ1) is 8.64. The van der Waals surface area contributed by atoms with Crippen LogP contribution in [0, 0.1) is 0 Å². The molecular formula is C5H7NO4. The Labute approximate surface area is 57.2 Å². The van der Waals surface area contributed by atoms with Crippen molar-refractivity contribution in [2.75, 3.05) is 6.54 Å².